The summed E-state index contributed by atoms with van der Waals surface area (Å²) in [6.07, 6.45) is 2.55. The van der Waals surface area contributed by atoms with E-state index < -0.39 is 16.1 Å². The van der Waals surface area contributed by atoms with Crippen molar-refractivity contribution in [2.24, 2.45) is 5.92 Å². The number of likely N-dealkylation sites (tertiary alicyclic amines) is 1. The van der Waals surface area contributed by atoms with Crippen LogP contribution in [-0.2, 0) is 19.6 Å². The third kappa shape index (κ3) is 4.91. The van der Waals surface area contributed by atoms with Gasteiger partial charge in [0.1, 0.15) is 6.10 Å². The van der Waals surface area contributed by atoms with Crippen molar-refractivity contribution in [3.8, 4) is 0 Å². The summed E-state index contributed by atoms with van der Waals surface area (Å²) < 4.78 is 29.6. The van der Waals surface area contributed by atoms with Crippen LogP contribution in [0.5, 0.6) is 0 Å². The summed E-state index contributed by atoms with van der Waals surface area (Å²) in [6.45, 7) is 3.43. The lowest BCUT2D eigenvalue weighted by molar-refractivity contribution is -0.142. The monoisotopic (exact) mass is 278 g/mol. The highest BCUT2D eigenvalue weighted by atomic mass is 32.2. The first-order chi connectivity index (χ1) is 8.33. The molecule has 18 heavy (non-hydrogen) atoms. The van der Waals surface area contributed by atoms with E-state index in [1.165, 1.54) is 7.11 Å². The molecule has 7 heteroatoms. The van der Waals surface area contributed by atoms with Crippen molar-refractivity contribution < 1.29 is 17.9 Å². The summed E-state index contributed by atoms with van der Waals surface area (Å²) in [6, 6.07) is 0. The molecule has 6 nitrogen and oxygen atoms in total. The van der Waals surface area contributed by atoms with Crippen molar-refractivity contribution in [1.29, 1.82) is 0 Å². The maximum absolute atomic E-state index is 11.9. The summed E-state index contributed by atoms with van der Waals surface area (Å²) >= 11 is 0. The highest BCUT2D eigenvalue weighted by molar-refractivity contribution is 7.88. The van der Waals surface area contributed by atoms with Gasteiger partial charge in [-0.25, -0.2) is 13.1 Å². The molecule has 1 aliphatic rings. The highest BCUT2D eigenvalue weighted by Gasteiger charge is 2.26. The molecule has 0 aromatic carbocycles. The molecule has 2 unspecified atom stereocenters. The molecule has 0 saturated carbocycles. The minimum Gasteiger partial charge on any atom is -0.372 e. The van der Waals surface area contributed by atoms with Crippen LogP contribution >= 0.6 is 0 Å². The molecular weight excluding hydrogens is 256 g/mol. The van der Waals surface area contributed by atoms with E-state index in [9.17, 15) is 13.2 Å². The molecule has 0 aliphatic carbocycles. The van der Waals surface area contributed by atoms with Crippen LogP contribution in [0.4, 0.5) is 0 Å². The number of carbonyl (C=O) groups is 1. The minimum absolute atomic E-state index is 0.0263. The molecule has 0 aromatic heterocycles. The van der Waals surface area contributed by atoms with Gasteiger partial charge in [0.2, 0.25) is 10.0 Å². The SMILES string of the molecule is COC(C)C(=O)N1CCCC(CNS(C)(=O)=O)C1. The first-order valence-corrected chi connectivity index (χ1v) is 7.99. The summed E-state index contributed by atoms with van der Waals surface area (Å²) in [7, 11) is -1.65. The Morgan fingerprint density at radius 3 is 2.78 bits per heavy atom. The Bertz CT molecular complexity index is 383. The fourth-order valence-corrected chi connectivity index (χ4v) is 2.60. The third-order valence-electron chi connectivity index (χ3n) is 3.17. The molecule has 2 atom stereocenters. The van der Waals surface area contributed by atoms with Crippen molar-refractivity contribution in [2.45, 2.75) is 25.9 Å². The quantitative estimate of drug-likeness (QED) is 0.756. The number of methoxy groups -OCH3 is 1. The van der Waals surface area contributed by atoms with E-state index in [4.69, 9.17) is 4.74 Å². The van der Waals surface area contributed by atoms with Crippen molar-refractivity contribution in [1.82, 2.24) is 9.62 Å². The smallest absolute Gasteiger partial charge is 0.251 e. The van der Waals surface area contributed by atoms with E-state index in [2.05, 4.69) is 4.72 Å². The number of hydrogen-bond acceptors (Lipinski definition) is 4. The van der Waals surface area contributed by atoms with E-state index >= 15 is 0 Å². The van der Waals surface area contributed by atoms with Gasteiger partial charge in [-0.15, -0.1) is 0 Å². The minimum atomic E-state index is -3.16. The number of amides is 1. The molecule has 0 aromatic rings. The molecule has 1 amide bonds. The number of hydrogen-bond donors (Lipinski definition) is 1. The van der Waals surface area contributed by atoms with Crippen LogP contribution in [-0.4, -0.2) is 58.3 Å². The average Bonchev–Trinajstić information content (AvgIpc) is 2.34. The highest BCUT2D eigenvalue weighted by Crippen LogP contribution is 2.17. The van der Waals surface area contributed by atoms with Crippen molar-refractivity contribution in [3.63, 3.8) is 0 Å². The number of sulfonamides is 1. The number of ether oxygens (including phenoxy) is 1. The maximum atomic E-state index is 11.9. The van der Waals surface area contributed by atoms with Crippen LogP contribution in [0.15, 0.2) is 0 Å². The van der Waals surface area contributed by atoms with E-state index in [1.807, 2.05) is 0 Å². The van der Waals surface area contributed by atoms with Gasteiger partial charge in [0.05, 0.1) is 6.26 Å². The van der Waals surface area contributed by atoms with Gasteiger partial charge in [0, 0.05) is 26.7 Å². The van der Waals surface area contributed by atoms with Gasteiger partial charge in [-0.05, 0) is 25.7 Å². The molecule has 1 aliphatic heterocycles. The number of rotatable bonds is 5. The lowest BCUT2D eigenvalue weighted by Crippen LogP contribution is -2.47. The second-order valence-corrected chi connectivity index (χ2v) is 6.62. The Morgan fingerprint density at radius 2 is 2.22 bits per heavy atom. The zero-order valence-electron chi connectivity index (χ0n) is 11.2. The Labute approximate surface area is 109 Å². The normalized spacial score (nSPS) is 22.8. The molecule has 1 saturated heterocycles. The van der Waals surface area contributed by atoms with Gasteiger partial charge in [-0.1, -0.05) is 0 Å². The predicted molar refractivity (Wildman–Crippen MR) is 68.6 cm³/mol. The van der Waals surface area contributed by atoms with Gasteiger partial charge in [0.15, 0.2) is 0 Å². The molecule has 1 heterocycles. The van der Waals surface area contributed by atoms with Gasteiger partial charge in [-0.3, -0.25) is 4.79 Å². The zero-order chi connectivity index (χ0) is 13.8. The van der Waals surface area contributed by atoms with Gasteiger partial charge < -0.3 is 9.64 Å². The average molecular weight is 278 g/mol. The lowest BCUT2D eigenvalue weighted by atomic mass is 9.98. The number of carbonyl (C=O) groups excluding carboxylic acids is 1. The number of piperidine rings is 1. The van der Waals surface area contributed by atoms with Crippen LogP contribution in [0.1, 0.15) is 19.8 Å². The predicted octanol–water partition coefficient (Wildman–Crippen LogP) is -0.191. The van der Waals surface area contributed by atoms with Crippen LogP contribution in [0.25, 0.3) is 0 Å². The van der Waals surface area contributed by atoms with Gasteiger partial charge in [-0.2, -0.15) is 0 Å². The van der Waals surface area contributed by atoms with Gasteiger partial charge >= 0.3 is 0 Å². The van der Waals surface area contributed by atoms with E-state index in [0.717, 1.165) is 25.6 Å². The number of nitrogens with one attached hydrogen (secondary N) is 1. The Morgan fingerprint density at radius 1 is 1.56 bits per heavy atom. The lowest BCUT2D eigenvalue weighted by Gasteiger charge is -2.34. The summed E-state index contributed by atoms with van der Waals surface area (Å²) in [4.78, 5) is 13.7. The zero-order valence-corrected chi connectivity index (χ0v) is 12.0. The van der Waals surface area contributed by atoms with E-state index in [1.54, 1.807) is 11.8 Å². The Kier molecular flexibility index (Phi) is 5.55. The first kappa shape index (κ1) is 15.4. The summed E-state index contributed by atoms with van der Waals surface area (Å²) in [5.41, 5.74) is 0. The second kappa shape index (κ2) is 6.49. The molecule has 1 N–H and O–H groups in total. The Balaban J connectivity index is 2.48. The van der Waals surface area contributed by atoms with Crippen LogP contribution in [0.2, 0.25) is 0 Å². The molecule has 1 fully saturated rings. The summed E-state index contributed by atoms with van der Waals surface area (Å²) in [5, 5.41) is 0. The Hall–Kier alpha value is -0.660. The second-order valence-electron chi connectivity index (χ2n) is 4.79. The molecule has 0 bridgehead atoms. The molecule has 0 radical (unpaired) electrons. The third-order valence-corrected chi connectivity index (χ3v) is 3.86. The largest absolute Gasteiger partial charge is 0.372 e. The summed E-state index contributed by atoms with van der Waals surface area (Å²) in [5.74, 6) is 0.156. The maximum Gasteiger partial charge on any atom is 0.251 e. The van der Waals surface area contributed by atoms with Crippen molar-refractivity contribution in [2.75, 3.05) is 33.0 Å². The fourth-order valence-electron chi connectivity index (χ4n) is 2.06. The van der Waals surface area contributed by atoms with E-state index in [-0.39, 0.29) is 11.8 Å². The van der Waals surface area contributed by atoms with E-state index in [0.29, 0.717) is 13.1 Å². The molecule has 0 spiro atoms. The van der Waals surface area contributed by atoms with Crippen LogP contribution in [0, 0.1) is 5.92 Å². The van der Waals surface area contributed by atoms with Gasteiger partial charge in [0.25, 0.3) is 5.91 Å². The van der Waals surface area contributed by atoms with Crippen LogP contribution in [0.3, 0.4) is 0 Å². The number of nitrogens with zero attached hydrogens (tertiary/aromatic N) is 1. The fraction of sp³-hybridized carbons (Fsp3) is 0.909. The van der Waals surface area contributed by atoms with Crippen molar-refractivity contribution >= 4 is 15.9 Å². The first-order valence-electron chi connectivity index (χ1n) is 6.09. The van der Waals surface area contributed by atoms with Crippen molar-refractivity contribution in [3.05, 3.63) is 0 Å². The molecule has 106 valence electrons. The van der Waals surface area contributed by atoms with Crippen LogP contribution < -0.4 is 4.72 Å². The molecule has 1 rings (SSSR count). The molecular formula is C11H22N2O4S. The standard InChI is InChI=1S/C11H22N2O4S/c1-9(17-2)11(14)13-6-4-5-10(8-13)7-12-18(3,15)16/h9-10,12H,4-8H2,1-3H3. The topological polar surface area (TPSA) is 75.7 Å².